The van der Waals surface area contributed by atoms with Crippen molar-refractivity contribution < 1.29 is 22.7 Å². The van der Waals surface area contributed by atoms with Gasteiger partial charge in [-0.1, -0.05) is 22.9 Å². The van der Waals surface area contributed by atoms with E-state index in [0.717, 1.165) is 35.6 Å². The number of thiazole rings is 1. The molecule has 1 heterocycles. The first-order valence-corrected chi connectivity index (χ1v) is 8.10. The maximum Gasteiger partial charge on any atom is 0.416 e. The number of nitrogens with zero attached hydrogens (tertiary/aromatic N) is 1. The minimum Gasteiger partial charge on any atom is -0.494 e. The van der Waals surface area contributed by atoms with Gasteiger partial charge in [0.2, 0.25) is 0 Å². The lowest BCUT2D eigenvalue weighted by atomic mass is 10.1. The van der Waals surface area contributed by atoms with E-state index in [1.165, 1.54) is 7.11 Å². The first kappa shape index (κ1) is 17.5. The van der Waals surface area contributed by atoms with Crippen molar-refractivity contribution in [3.8, 4) is 5.75 Å². The molecule has 0 fully saturated rings. The number of carbonyl (C=O) groups is 1. The van der Waals surface area contributed by atoms with Crippen molar-refractivity contribution in [3.05, 3.63) is 52.5 Å². The molecule has 1 amide bonds. The Morgan fingerprint density at radius 3 is 2.48 bits per heavy atom. The fourth-order valence-electron chi connectivity index (χ4n) is 2.15. The number of hydrogen-bond donors (Lipinski definition) is 1. The predicted molar refractivity (Wildman–Crippen MR) is 90.6 cm³/mol. The molecule has 0 saturated carbocycles. The normalized spacial score (nSPS) is 11.6. The van der Waals surface area contributed by atoms with Crippen molar-refractivity contribution in [2.75, 3.05) is 12.4 Å². The Labute approximate surface area is 149 Å². The SMILES string of the molecule is COc1ccc(Cl)c2sc(NC(=O)c3ccc(C(F)(F)F)cc3)nc12. The molecule has 3 rings (SSSR count). The Bertz CT molecular complexity index is 939. The Morgan fingerprint density at radius 1 is 1.20 bits per heavy atom. The molecule has 1 N–H and O–H groups in total. The van der Waals surface area contributed by atoms with Crippen LogP contribution in [0, 0.1) is 0 Å². The first-order chi connectivity index (χ1) is 11.8. The third-order valence-corrected chi connectivity index (χ3v) is 4.80. The summed E-state index contributed by atoms with van der Waals surface area (Å²) in [6, 6.07) is 7.24. The van der Waals surface area contributed by atoms with Crippen LogP contribution in [-0.2, 0) is 6.18 Å². The van der Waals surface area contributed by atoms with Gasteiger partial charge in [0, 0.05) is 5.56 Å². The van der Waals surface area contributed by atoms with Gasteiger partial charge in [-0.25, -0.2) is 4.98 Å². The lowest BCUT2D eigenvalue weighted by Gasteiger charge is -2.07. The Morgan fingerprint density at radius 2 is 1.88 bits per heavy atom. The summed E-state index contributed by atoms with van der Waals surface area (Å²) in [6.07, 6.45) is -4.45. The fourth-order valence-corrected chi connectivity index (χ4v) is 3.30. The maximum atomic E-state index is 12.6. The van der Waals surface area contributed by atoms with E-state index in [1.807, 2.05) is 0 Å². The van der Waals surface area contributed by atoms with Crippen LogP contribution in [0.2, 0.25) is 5.02 Å². The van der Waals surface area contributed by atoms with Crippen molar-refractivity contribution in [1.29, 1.82) is 0 Å². The summed E-state index contributed by atoms with van der Waals surface area (Å²) in [4.78, 5) is 16.5. The number of nitrogens with one attached hydrogen (secondary N) is 1. The summed E-state index contributed by atoms with van der Waals surface area (Å²) in [5, 5.41) is 3.29. The molecule has 130 valence electrons. The van der Waals surface area contributed by atoms with Gasteiger partial charge in [0.1, 0.15) is 11.3 Å². The van der Waals surface area contributed by atoms with Crippen LogP contribution in [0.3, 0.4) is 0 Å². The van der Waals surface area contributed by atoms with Crippen molar-refractivity contribution in [2.24, 2.45) is 0 Å². The number of fused-ring (bicyclic) bond motifs is 1. The Balaban J connectivity index is 1.86. The number of halogens is 4. The summed E-state index contributed by atoms with van der Waals surface area (Å²) in [5.74, 6) is -0.0615. The van der Waals surface area contributed by atoms with Gasteiger partial charge in [-0.3, -0.25) is 10.1 Å². The molecule has 1 aromatic heterocycles. The van der Waals surface area contributed by atoms with Crippen LogP contribution in [-0.4, -0.2) is 18.0 Å². The molecule has 0 bridgehead atoms. The Hall–Kier alpha value is -2.32. The highest BCUT2D eigenvalue weighted by Gasteiger charge is 2.30. The van der Waals surface area contributed by atoms with E-state index in [4.69, 9.17) is 16.3 Å². The number of hydrogen-bond acceptors (Lipinski definition) is 4. The lowest BCUT2D eigenvalue weighted by Crippen LogP contribution is -2.12. The summed E-state index contributed by atoms with van der Waals surface area (Å²) in [7, 11) is 1.49. The molecule has 3 aromatic rings. The molecule has 0 radical (unpaired) electrons. The second kappa shape index (κ2) is 6.53. The third kappa shape index (κ3) is 3.54. The molecular formula is C16H10ClF3N2O2S. The summed E-state index contributed by atoms with van der Waals surface area (Å²) in [6.45, 7) is 0. The zero-order valence-electron chi connectivity index (χ0n) is 12.6. The van der Waals surface area contributed by atoms with Crippen molar-refractivity contribution in [2.45, 2.75) is 6.18 Å². The average Bonchev–Trinajstić information content (AvgIpc) is 2.99. The molecule has 25 heavy (non-hydrogen) atoms. The standard InChI is InChI=1S/C16H10ClF3N2O2S/c1-24-11-7-6-10(17)13-12(11)21-15(25-13)22-14(23)8-2-4-9(5-3-8)16(18,19)20/h2-7H,1H3,(H,21,22,23). The van der Waals surface area contributed by atoms with Gasteiger partial charge >= 0.3 is 6.18 Å². The van der Waals surface area contributed by atoms with Gasteiger partial charge < -0.3 is 4.74 Å². The van der Waals surface area contributed by atoms with Gasteiger partial charge in [-0.2, -0.15) is 13.2 Å². The van der Waals surface area contributed by atoms with Crippen LogP contribution >= 0.6 is 22.9 Å². The van der Waals surface area contributed by atoms with E-state index >= 15 is 0 Å². The van der Waals surface area contributed by atoms with Crippen molar-refractivity contribution in [3.63, 3.8) is 0 Å². The lowest BCUT2D eigenvalue weighted by molar-refractivity contribution is -0.137. The zero-order valence-corrected chi connectivity index (χ0v) is 14.2. The zero-order chi connectivity index (χ0) is 18.2. The second-order valence-corrected chi connectivity index (χ2v) is 6.38. The van der Waals surface area contributed by atoms with Crippen LogP contribution in [0.1, 0.15) is 15.9 Å². The number of carbonyl (C=O) groups excluding carboxylic acids is 1. The molecule has 0 saturated heterocycles. The number of rotatable bonds is 3. The van der Waals surface area contributed by atoms with Crippen LogP contribution in [0.5, 0.6) is 5.75 Å². The minimum absolute atomic E-state index is 0.0883. The molecule has 4 nitrogen and oxygen atoms in total. The van der Waals surface area contributed by atoms with E-state index in [-0.39, 0.29) is 10.7 Å². The number of anilines is 1. The van der Waals surface area contributed by atoms with E-state index in [0.29, 0.717) is 21.0 Å². The highest BCUT2D eigenvalue weighted by molar-refractivity contribution is 7.23. The topological polar surface area (TPSA) is 51.2 Å². The molecule has 0 aliphatic carbocycles. The van der Waals surface area contributed by atoms with Gasteiger partial charge in [-0.15, -0.1) is 0 Å². The molecular weight excluding hydrogens is 377 g/mol. The van der Waals surface area contributed by atoms with Gasteiger partial charge in [0.15, 0.2) is 5.13 Å². The molecule has 9 heteroatoms. The first-order valence-electron chi connectivity index (χ1n) is 6.91. The maximum absolute atomic E-state index is 12.6. The van der Waals surface area contributed by atoms with Gasteiger partial charge in [0.05, 0.1) is 22.4 Å². The summed E-state index contributed by atoms with van der Waals surface area (Å²) in [5.41, 5.74) is -0.228. The van der Waals surface area contributed by atoms with Crippen molar-refractivity contribution in [1.82, 2.24) is 4.98 Å². The van der Waals surface area contributed by atoms with Crippen LogP contribution in [0.25, 0.3) is 10.2 Å². The smallest absolute Gasteiger partial charge is 0.416 e. The highest BCUT2D eigenvalue weighted by Crippen LogP contribution is 2.37. The molecule has 2 aromatic carbocycles. The van der Waals surface area contributed by atoms with Gasteiger partial charge in [-0.05, 0) is 36.4 Å². The summed E-state index contributed by atoms with van der Waals surface area (Å²) < 4.78 is 43.5. The monoisotopic (exact) mass is 386 g/mol. The van der Waals surface area contributed by atoms with E-state index in [1.54, 1.807) is 12.1 Å². The number of aromatic nitrogens is 1. The quantitative estimate of drug-likeness (QED) is 0.670. The molecule has 0 atom stereocenters. The largest absolute Gasteiger partial charge is 0.494 e. The fraction of sp³-hybridized carbons (Fsp3) is 0.125. The van der Waals surface area contributed by atoms with Crippen LogP contribution < -0.4 is 10.1 Å². The highest BCUT2D eigenvalue weighted by atomic mass is 35.5. The summed E-state index contributed by atoms with van der Waals surface area (Å²) >= 11 is 7.26. The number of ether oxygens (including phenoxy) is 1. The van der Waals surface area contributed by atoms with Gasteiger partial charge in [0.25, 0.3) is 5.91 Å². The minimum atomic E-state index is -4.45. The number of methoxy groups -OCH3 is 1. The molecule has 0 aliphatic rings. The molecule has 0 spiro atoms. The average molecular weight is 387 g/mol. The Kier molecular flexibility index (Phi) is 4.57. The number of benzene rings is 2. The van der Waals surface area contributed by atoms with Crippen molar-refractivity contribution >= 4 is 44.2 Å². The van der Waals surface area contributed by atoms with E-state index in [9.17, 15) is 18.0 Å². The van der Waals surface area contributed by atoms with Crippen LogP contribution in [0.4, 0.5) is 18.3 Å². The van der Waals surface area contributed by atoms with E-state index in [2.05, 4.69) is 10.3 Å². The molecule has 0 unspecified atom stereocenters. The number of alkyl halides is 3. The molecule has 0 aliphatic heterocycles. The third-order valence-electron chi connectivity index (χ3n) is 3.37. The van der Waals surface area contributed by atoms with Crippen LogP contribution in [0.15, 0.2) is 36.4 Å². The predicted octanol–water partition coefficient (Wildman–Crippen LogP) is 5.23. The number of amides is 1. The second-order valence-electron chi connectivity index (χ2n) is 4.98. The van der Waals surface area contributed by atoms with E-state index < -0.39 is 17.6 Å².